The van der Waals surface area contributed by atoms with Gasteiger partial charge in [0.15, 0.2) is 0 Å². The lowest BCUT2D eigenvalue weighted by Gasteiger charge is -2.31. The van der Waals surface area contributed by atoms with Gasteiger partial charge in [-0.05, 0) is 70.8 Å². The first-order valence-corrected chi connectivity index (χ1v) is 12.4. The van der Waals surface area contributed by atoms with E-state index in [1.165, 1.54) is 0 Å². The van der Waals surface area contributed by atoms with Crippen LogP contribution >= 0.6 is 0 Å². The van der Waals surface area contributed by atoms with E-state index in [1.807, 2.05) is 43.3 Å². The number of amides is 2. The second kappa shape index (κ2) is 10.2. The summed E-state index contributed by atoms with van der Waals surface area (Å²) in [5.41, 5.74) is 3.82. The quantitative estimate of drug-likeness (QED) is 0.379. The molecule has 38 heavy (non-hydrogen) atoms. The third kappa shape index (κ3) is 5.90. The fourth-order valence-corrected chi connectivity index (χ4v) is 4.68. The van der Waals surface area contributed by atoms with Gasteiger partial charge in [-0.2, -0.15) is 13.2 Å². The van der Waals surface area contributed by atoms with Crippen molar-refractivity contribution in [3.63, 3.8) is 0 Å². The van der Waals surface area contributed by atoms with Gasteiger partial charge in [0.2, 0.25) is 5.91 Å². The number of benzene rings is 3. The molecule has 0 atom stereocenters. The number of carbonyl (C=O) groups is 2. The number of hydrogen-bond acceptors (Lipinski definition) is 2. The summed E-state index contributed by atoms with van der Waals surface area (Å²) in [5.74, 6) is -1.93. The van der Waals surface area contributed by atoms with Crippen molar-refractivity contribution in [2.75, 3.05) is 11.9 Å². The molecule has 8 heteroatoms. The van der Waals surface area contributed by atoms with Crippen molar-refractivity contribution in [2.45, 2.75) is 58.7 Å². The highest BCUT2D eigenvalue weighted by Crippen LogP contribution is 2.33. The van der Waals surface area contributed by atoms with Gasteiger partial charge in [-0.25, -0.2) is 4.39 Å². The number of halogens is 4. The maximum atomic E-state index is 13.9. The minimum Gasteiger partial charge on any atom is -0.334 e. The van der Waals surface area contributed by atoms with Crippen molar-refractivity contribution < 1.29 is 27.2 Å². The first-order chi connectivity index (χ1) is 17.7. The average Bonchev–Trinajstić information content (AvgIpc) is 2.84. The van der Waals surface area contributed by atoms with Crippen molar-refractivity contribution in [2.24, 2.45) is 0 Å². The average molecular weight is 527 g/mol. The molecule has 0 radical (unpaired) electrons. The van der Waals surface area contributed by atoms with E-state index in [0.717, 1.165) is 34.4 Å². The molecule has 0 unspecified atom stereocenters. The zero-order valence-corrected chi connectivity index (χ0v) is 21.8. The third-order valence-electron chi connectivity index (χ3n) is 6.86. The number of nitrogens with zero attached hydrogens (tertiary/aromatic N) is 1. The molecule has 200 valence electrons. The summed E-state index contributed by atoms with van der Waals surface area (Å²) < 4.78 is 52.4. The summed E-state index contributed by atoms with van der Waals surface area (Å²) in [6, 6.07) is 14.0. The molecule has 1 N–H and O–H groups in total. The predicted molar refractivity (Wildman–Crippen MR) is 139 cm³/mol. The summed E-state index contributed by atoms with van der Waals surface area (Å²) >= 11 is 0. The van der Waals surface area contributed by atoms with Gasteiger partial charge < -0.3 is 10.2 Å². The van der Waals surface area contributed by atoms with Crippen LogP contribution in [0.1, 0.15) is 64.5 Å². The Morgan fingerprint density at radius 2 is 1.66 bits per heavy atom. The van der Waals surface area contributed by atoms with Crippen LogP contribution in [0.3, 0.4) is 0 Å². The molecule has 4 nitrogen and oxygen atoms in total. The molecule has 3 aromatic rings. The van der Waals surface area contributed by atoms with Gasteiger partial charge in [0.1, 0.15) is 5.82 Å². The number of nitrogens with one attached hydrogen (secondary N) is 1. The van der Waals surface area contributed by atoms with E-state index in [-0.39, 0.29) is 23.3 Å². The lowest BCUT2D eigenvalue weighted by atomic mass is 9.86. The van der Waals surface area contributed by atoms with Gasteiger partial charge in [-0.15, -0.1) is 0 Å². The number of carbonyl (C=O) groups excluding carboxylic acids is 2. The second-order valence-electron chi connectivity index (χ2n) is 10.7. The number of rotatable bonds is 4. The highest BCUT2D eigenvalue weighted by Gasteiger charge is 2.34. The standard InChI is InChI=1S/C30H30F4N2O2/c1-18-5-7-21-17-36(28(38)20-8-10-22(11-9-20)29(2,3)4)14-13-23(21)27(18)35-26(37)16-19-6-12-24(25(31)15-19)30(32,33)34/h5-12,15H,13-14,16-17H2,1-4H3,(H,35,37). The van der Waals surface area contributed by atoms with E-state index in [1.54, 1.807) is 4.90 Å². The summed E-state index contributed by atoms with van der Waals surface area (Å²) in [6.07, 6.45) is -4.53. The predicted octanol–water partition coefficient (Wildman–Crippen LogP) is 6.83. The van der Waals surface area contributed by atoms with Gasteiger partial charge >= 0.3 is 6.18 Å². The Morgan fingerprint density at radius 3 is 2.26 bits per heavy atom. The summed E-state index contributed by atoms with van der Waals surface area (Å²) in [7, 11) is 0. The third-order valence-corrected chi connectivity index (χ3v) is 6.86. The molecule has 0 saturated carbocycles. The normalized spacial score (nSPS) is 13.7. The largest absolute Gasteiger partial charge is 0.419 e. The van der Waals surface area contributed by atoms with E-state index in [2.05, 4.69) is 26.1 Å². The zero-order valence-electron chi connectivity index (χ0n) is 21.8. The van der Waals surface area contributed by atoms with Crippen LogP contribution in [0, 0.1) is 12.7 Å². The zero-order chi connectivity index (χ0) is 27.8. The topological polar surface area (TPSA) is 49.4 Å². The molecular formula is C30H30F4N2O2. The fraction of sp³-hybridized carbons (Fsp3) is 0.333. The molecule has 0 saturated heterocycles. The Hall–Kier alpha value is -3.68. The molecule has 0 spiro atoms. The molecule has 0 aromatic heterocycles. The van der Waals surface area contributed by atoms with Crippen molar-refractivity contribution in [3.8, 4) is 0 Å². The Kier molecular flexibility index (Phi) is 7.37. The summed E-state index contributed by atoms with van der Waals surface area (Å²) in [4.78, 5) is 27.7. The molecule has 4 rings (SSSR count). The van der Waals surface area contributed by atoms with Gasteiger partial charge in [-0.3, -0.25) is 9.59 Å². The van der Waals surface area contributed by atoms with Crippen LogP contribution in [0.15, 0.2) is 54.6 Å². The Morgan fingerprint density at radius 1 is 0.974 bits per heavy atom. The van der Waals surface area contributed by atoms with Gasteiger partial charge in [0, 0.05) is 24.3 Å². The minimum absolute atomic E-state index is 0.00891. The van der Waals surface area contributed by atoms with E-state index >= 15 is 0 Å². The molecule has 1 heterocycles. The molecule has 0 fully saturated rings. The Labute approximate surface area is 219 Å². The first-order valence-electron chi connectivity index (χ1n) is 12.4. The highest BCUT2D eigenvalue weighted by molar-refractivity contribution is 5.95. The van der Waals surface area contributed by atoms with Gasteiger partial charge in [0.05, 0.1) is 12.0 Å². The molecule has 0 bridgehead atoms. The van der Waals surface area contributed by atoms with Gasteiger partial charge in [-0.1, -0.05) is 51.1 Å². The van der Waals surface area contributed by atoms with Crippen LogP contribution in [-0.2, 0) is 35.8 Å². The molecule has 1 aliphatic rings. The number of fused-ring (bicyclic) bond motifs is 1. The Bertz CT molecular complexity index is 1370. The lowest BCUT2D eigenvalue weighted by Crippen LogP contribution is -2.36. The van der Waals surface area contributed by atoms with Crippen LogP contribution in [0.25, 0.3) is 0 Å². The smallest absolute Gasteiger partial charge is 0.334 e. The highest BCUT2D eigenvalue weighted by atomic mass is 19.4. The summed E-state index contributed by atoms with van der Waals surface area (Å²) in [6.45, 7) is 9.07. The van der Waals surface area contributed by atoms with E-state index in [0.29, 0.717) is 36.8 Å². The van der Waals surface area contributed by atoms with Crippen molar-refractivity contribution in [3.05, 3.63) is 99.4 Å². The maximum absolute atomic E-state index is 13.9. The van der Waals surface area contributed by atoms with Crippen molar-refractivity contribution in [1.82, 2.24) is 4.90 Å². The molecule has 2 amide bonds. The fourth-order valence-electron chi connectivity index (χ4n) is 4.68. The van der Waals surface area contributed by atoms with E-state index in [4.69, 9.17) is 0 Å². The molecule has 1 aliphatic heterocycles. The van der Waals surface area contributed by atoms with Crippen molar-refractivity contribution >= 4 is 17.5 Å². The van der Waals surface area contributed by atoms with Gasteiger partial charge in [0.25, 0.3) is 5.91 Å². The van der Waals surface area contributed by atoms with Crippen molar-refractivity contribution in [1.29, 1.82) is 0 Å². The lowest BCUT2D eigenvalue weighted by molar-refractivity contribution is -0.140. The molecule has 3 aromatic carbocycles. The van der Waals surface area contributed by atoms with Crippen LogP contribution < -0.4 is 5.32 Å². The Balaban J connectivity index is 1.47. The molecule has 0 aliphatic carbocycles. The number of alkyl halides is 3. The monoisotopic (exact) mass is 526 g/mol. The van der Waals surface area contributed by atoms with Crippen LogP contribution in [0.2, 0.25) is 0 Å². The second-order valence-corrected chi connectivity index (χ2v) is 10.7. The first kappa shape index (κ1) is 27.4. The number of aryl methyl sites for hydroxylation is 1. The van der Waals surface area contributed by atoms with E-state index < -0.39 is 23.5 Å². The van der Waals surface area contributed by atoms with Crippen LogP contribution in [0.5, 0.6) is 0 Å². The van der Waals surface area contributed by atoms with Crippen LogP contribution in [0.4, 0.5) is 23.2 Å². The number of hydrogen-bond donors (Lipinski definition) is 1. The minimum atomic E-state index is -4.80. The molecular weight excluding hydrogens is 496 g/mol. The SMILES string of the molecule is Cc1ccc2c(c1NC(=O)Cc1ccc(C(F)(F)F)c(F)c1)CCN(C(=O)c1ccc(C(C)(C)C)cc1)C2. The maximum Gasteiger partial charge on any atom is 0.419 e. The summed E-state index contributed by atoms with van der Waals surface area (Å²) in [5, 5.41) is 2.86. The van der Waals surface area contributed by atoms with Crippen LogP contribution in [-0.4, -0.2) is 23.3 Å². The van der Waals surface area contributed by atoms with E-state index in [9.17, 15) is 27.2 Å². The number of anilines is 1.